The minimum absolute atomic E-state index is 0.00268. The van der Waals surface area contributed by atoms with Gasteiger partial charge in [0.25, 0.3) is 5.91 Å². The highest BCUT2D eigenvalue weighted by molar-refractivity contribution is 5.95. The van der Waals surface area contributed by atoms with E-state index in [2.05, 4.69) is 20.2 Å². The second kappa shape index (κ2) is 5.65. The van der Waals surface area contributed by atoms with E-state index in [1.54, 1.807) is 6.20 Å². The number of fused-ring (bicyclic) bond motifs is 1. The second-order valence-electron chi connectivity index (χ2n) is 6.81. The maximum Gasteiger partial charge on any atom is 0.257 e. The van der Waals surface area contributed by atoms with Crippen molar-refractivity contribution in [2.45, 2.75) is 44.9 Å². The van der Waals surface area contributed by atoms with Crippen LogP contribution in [0.5, 0.6) is 0 Å². The molecule has 1 saturated carbocycles. The molecule has 7 nitrogen and oxygen atoms in total. The fraction of sp³-hybridized carbons (Fsp3) is 0.588. The van der Waals surface area contributed by atoms with E-state index >= 15 is 0 Å². The van der Waals surface area contributed by atoms with Crippen LogP contribution in [0.2, 0.25) is 0 Å². The zero-order valence-electron chi connectivity index (χ0n) is 14.0. The van der Waals surface area contributed by atoms with E-state index in [4.69, 9.17) is 4.42 Å². The van der Waals surface area contributed by atoms with Gasteiger partial charge in [0.1, 0.15) is 6.33 Å². The summed E-state index contributed by atoms with van der Waals surface area (Å²) >= 11 is 0. The zero-order valence-corrected chi connectivity index (χ0v) is 14.0. The Kier molecular flexibility index (Phi) is 3.58. The van der Waals surface area contributed by atoms with Gasteiger partial charge in [0.05, 0.1) is 16.7 Å². The Labute approximate surface area is 140 Å². The van der Waals surface area contributed by atoms with Crippen LogP contribution in [-0.2, 0) is 11.8 Å². The van der Waals surface area contributed by atoms with Gasteiger partial charge in [0.15, 0.2) is 0 Å². The Bertz CT molecular complexity index is 774. The van der Waals surface area contributed by atoms with Gasteiger partial charge in [-0.2, -0.15) is 0 Å². The summed E-state index contributed by atoms with van der Waals surface area (Å²) in [4.78, 5) is 23.0. The topological polar surface area (TPSA) is 85.0 Å². The molecule has 2 atom stereocenters. The first kappa shape index (κ1) is 15.2. The first-order valence-corrected chi connectivity index (χ1v) is 8.53. The van der Waals surface area contributed by atoms with Crippen LogP contribution in [-0.4, -0.2) is 44.1 Å². The minimum Gasteiger partial charge on any atom is -0.425 e. The van der Waals surface area contributed by atoms with Crippen molar-refractivity contribution in [1.82, 2.24) is 25.1 Å². The van der Waals surface area contributed by atoms with Crippen LogP contribution in [0.1, 0.15) is 54.0 Å². The summed E-state index contributed by atoms with van der Waals surface area (Å²) in [5.74, 6) is 1.76. The lowest BCUT2D eigenvalue weighted by Gasteiger charge is -2.24. The molecule has 0 radical (unpaired) electrons. The molecular formula is C17H21N5O2. The maximum absolute atomic E-state index is 12.9. The lowest BCUT2D eigenvalue weighted by Crippen LogP contribution is -2.35. The van der Waals surface area contributed by atoms with Crippen molar-refractivity contribution < 1.29 is 9.21 Å². The average Bonchev–Trinajstić information content (AvgIpc) is 3.28. The summed E-state index contributed by atoms with van der Waals surface area (Å²) in [5, 5.41) is 8.44. The molecule has 0 unspecified atom stereocenters. The van der Waals surface area contributed by atoms with Crippen molar-refractivity contribution in [3.8, 4) is 0 Å². The molecule has 0 bridgehead atoms. The Balaban J connectivity index is 1.64. The van der Waals surface area contributed by atoms with Crippen molar-refractivity contribution in [2.24, 2.45) is 5.92 Å². The average molecular weight is 327 g/mol. The Morgan fingerprint density at radius 2 is 2.33 bits per heavy atom. The third kappa shape index (κ3) is 2.22. The summed E-state index contributed by atoms with van der Waals surface area (Å²) < 4.78 is 5.89. The predicted molar refractivity (Wildman–Crippen MR) is 85.4 cm³/mol. The monoisotopic (exact) mass is 327 g/mol. The highest BCUT2D eigenvalue weighted by Gasteiger charge is 2.55. The van der Waals surface area contributed by atoms with E-state index < -0.39 is 0 Å². The van der Waals surface area contributed by atoms with Crippen LogP contribution >= 0.6 is 0 Å². The standard InChI is InChI=1S/C17H21N5O2/c1-3-14-20-21-16(24-14)17-6-4-5-12(17)8-22(9-17)15(23)13-7-18-10-19-11(13)2/h7,10,12H,3-6,8-9H2,1-2H3/t12-,17-/m0/s1. The SMILES string of the molecule is CCc1nnc([C@]23CCC[C@H]2CN(C(=O)c2cncnc2C)C3)o1. The number of hydrogen-bond donors (Lipinski definition) is 0. The molecule has 2 aliphatic rings. The van der Waals surface area contributed by atoms with Gasteiger partial charge >= 0.3 is 0 Å². The molecule has 2 aromatic heterocycles. The number of amides is 1. The quantitative estimate of drug-likeness (QED) is 0.856. The Morgan fingerprint density at radius 1 is 1.46 bits per heavy atom. The van der Waals surface area contributed by atoms with Crippen LogP contribution in [0, 0.1) is 12.8 Å². The van der Waals surface area contributed by atoms with E-state index in [-0.39, 0.29) is 11.3 Å². The number of likely N-dealkylation sites (tertiary alicyclic amines) is 1. The zero-order chi connectivity index (χ0) is 16.7. The minimum atomic E-state index is -0.181. The molecule has 2 aromatic rings. The van der Waals surface area contributed by atoms with Crippen LogP contribution in [0.3, 0.4) is 0 Å². The highest BCUT2D eigenvalue weighted by Crippen LogP contribution is 2.50. The molecule has 24 heavy (non-hydrogen) atoms. The van der Waals surface area contributed by atoms with Gasteiger partial charge in [0, 0.05) is 25.7 Å². The summed E-state index contributed by atoms with van der Waals surface area (Å²) in [7, 11) is 0. The number of rotatable bonds is 3. The van der Waals surface area contributed by atoms with Gasteiger partial charge in [-0.3, -0.25) is 4.79 Å². The van der Waals surface area contributed by atoms with Gasteiger partial charge in [-0.05, 0) is 25.7 Å². The fourth-order valence-corrected chi connectivity index (χ4v) is 4.16. The highest BCUT2D eigenvalue weighted by atomic mass is 16.4. The molecule has 1 aliphatic carbocycles. The molecule has 0 spiro atoms. The van der Waals surface area contributed by atoms with Gasteiger partial charge in [0.2, 0.25) is 11.8 Å². The van der Waals surface area contributed by atoms with Crippen molar-refractivity contribution >= 4 is 5.91 Å². The third-order valence-electron chi connectivity index (χ3n) is 5.50. The number of carbonyl (C=O) groups excluding carboxylic acids is 1. The van der Waals surface area contributed by atoms with Gasteiger partial charge in [-0.25, -0.2) is 9.97 Å². The Morgan fingerprint density at radius 3 is 3.08 bits per heavy atom. The molecule has 2 fully saturated rings. The predicted octanol–water partition coefficient (Wildman–Crippen LogP) is 1.92. The molecule has 1 amide bonds. The van der Waals surface area contributed by atoms with Gasteiger partial charge in [-0.15, -0.1) is 10.2 Å². The lowest BCUT2D eigenvalue weighted by molar-refractivity contribution is 0.0774. The fourth-order valence-electron chi connectivity index (χ4n) is 4.16. The molecule has 0 N–H and O–H groups in total. The van der Waals surface area contributed by atoms with E-state index in [0.29, 0.717) is 35.5 Å². The summed E-state index contributed by atoms with van der Waals surface area (Å²) in [6.07, 6.45) is 7.04. The number of carbonyl (C=O) groups is 1. The van der Waals surface area contributed by atoms with Crippen LogP contribution in [0.25, 0.3) is 0 Å². The first-order valence-electron chi connectivity index (χ1n) is 8.53. The number of aryl methyl sites for hydroxylation is 2. The van der Waals surface area contributed by atoms with E-state index in [0.717, 1.165) is 32.2 Å². The molecule has 1 aliphatic heterocycles. The van der Waals surface area contributed by atoms with E-state index in [9.17, 15) is 4.79 Å². The molecule has 3 heterocycles. The molecule has 7 heteroatoms. The summed E-state index contributed by atoms with van der Waals surface area (Å²) in [5.41, 5.74) is 1.11. The van der Waals surface area contributed by atoms with E-state index in [1.807, 2.05) is 18.7 Å². The number of nitrogens with zero attached hydrogens (tertiary/aromatic N) is 5. The largest absolute Gasteiger partial charge is 0.425 e. The van der Waals surface area contributed by atoms with Crippen LogP contribution in [0.15, 0.2) is 16.9 Å². The van der Waals surface area contributed by atoms with Crippen molar-refractivity contribution in [1.29, 1.82) is 0 Å². The maximum atomic E-state index is 12.9. The van der Waals surface area contributed by atoms with Gasteiger partial charge < -0.3 is 9.32 Å². The molecule has 0 aromatic carbocycles. The molecule has 1 saturated heterocycles. The normalized spacial score (nSPS) is 25.9. The van der Waals surface area contributed by atoms with E-state index in [1.165, 1.54) is 6.33 Å². The van der Waals surface area contributed by atoms with Gasteiger partial charge in [-0.1, -0.05) is 13.3 Å². The molecule has 126 valence electrons. The smallest absolute Gasteiger partial charge is 0.257 e. The second-order valence-corrected chi connectivity index (χ2v) is 6.81. The summed E-state index contributed by atoms with van der Waals surface area (Å²) in [6, 6.07) is 0. The third-order valence-corrected chi connectivity index (χ3v) is 5.50. The summed E-state index contributed by atoms with van der Waals surface area (Å²) in [6.45, 7) is 5.21. The Hall–Kier alpha value is -2.31. The van der Waals surface area contributed by atoms with Crippen molar-refractivity contribution in [2.75, 3.05) is 13.1 Å². The van der Waals surface area contributed by atoms with Crippen molar-refractivity contribution in [3.05, 3.63) is 35.6 Å². The first-order chi connectivity index (χ1) is 11.6. The molecule has 4 rings (SSSR count). The van der Waals surface area contributed by atoms with Crippen LogP contribution < -0.4 is 0 Å². The number of aromatic nitrogens is 4. The molecular weight excluding hydrogens is 306 g/mol. The van der Waals surface area contributed by atoms with Crippen LogP contribution in [0.4, 0.5) is 0 Å². The lowest BCUT2D eigenvalue weighted by atomic mass is 9.80. The number of hydrogen-bond acceptors (Lipinski definition) is 6. The van der Waals surface area contributed by atoms with Crippen molar-refractivity contribution in [3.63, 3.8) is 0 Å².